The third-order valence-electron chi connectivity index (χ3n) is 4.07. The van der Waals surface area contributed by atoms with Gasteiger partial charge in [0, 0.05) is 25.2 Å². The number of hydrogen-bond acceptors (Lipinski definition) is 2. The monoisotopic (exact) mass is 254 g/mol. The summed E-state index contributed by atoms with van der Waals surface area (Å²) < 4.78 is 0. The van der Waals surface area contributed by atoms with Gasteiger partial charge in [0.25, 0.3) is 0 Å². The Bertz CT molecular complexity index is 197. The Morgan fingerprint density at radius 1 is 1.11 bits per heavy atom. The first-order chi connectivity index (χ1) is 8.67. The van der Waals surface area contributed by atoms with Crippen molar-refractivity contribution in [1.29, 1.82) is 0 Å². The van der Waals surface area contributed by atoms with E-state index < -0.39 is 0 Å². The van der Waals surface area contributed by atoms with Crippen LogP contribution in [0.4, 0.5) is 0 Å². The molecule has 1 N–H and O–H groups in total. The van der Waals surface area contributed by atoms with Crippen molar-refractivity contribution in [2.24, 2.45) is 5.92 Å². The van der Waals surface area contributed by atoms with Crippen LogP contribution in [0.3, 0.4) is 0 Å². The van der Waals surface area contributed by atoms with Crippen molar-refractivity contribution < 1.29 is 0 Å². The second-order valence-corrected chi connectivity index (χ2v) is 6.35. The van der Waals surface area contributed by atoms with Gasteiger partial charge in [-0.05, 0) is 38.1 Å². The lowest BCUT2D eigenvalue weighted by molar-refractivity contribution is 0.157. The molecule has 0 heterocycles. The second kappa shape index (κ2) is 8.92. The Hall–Kier alpha value is -0.0800. The van der Waals surface area contributed by atoms with E-state index >= 15 is 0 Å². The molecule has 1 rings (SSSR count). The molecule has 1 atom stereocenters. The lowest BCUT2D eigenvalue weighted by Gasteiger charge is -2.33. The molecular weight excluding hydrogens is 220 g/mol. The third kappa shape index (κ3) is 5.71. The summed E-state index contributed by atoms with van der Waals surface area (Å²) in [5.74, 6) is 0.786. The molecule has 0 aliphatic heterocycles. The van der Waals surface area contributed by atoms with Gasteiger partial charge < -0.3 is 5.32 Å². The predicted molar refractivity (Wildman–Crippen MR) is 81.0 cm³/mol. The molecule has 1 aliphatic rings. The fourth-order valence-corrected chi connectivity index (χ4v) is 3.08. The van der Waals surface area contributed by atoms with Crippen LogP contribution in [0, 0.1) is 5.92 Å². The van der Waals surface area contributed by atoms with Crippen LogP contribution >= 0.6 is 0 Å². The van der Waals surface area contributed by atoms with E-state index in [-0.39, 0.29) is 0 Å². The molecule has 1 unspecified atom stereocenters. The smallest absolute Gasteiger partial charge is 0.0192 e. The maximum Gasteiger partial charge on any atom is 0.0192 e. The number of hydrogen-bond donors (Lipinski definition) is 1. The third-order valence-corrected chi connectivity index (χ3v) is 4.07. The molecular formula is C16H34N2. The molecule has 0 amide bonds. The molecule has 2 heteroatoms. The molecule has 0 bridgehead atoms. The maximum absolute atomic E-state index is 3.70. The zero-order valence-electron chi connectivity index (χ0n) is 13.0. The van der Waals surface area contributed by atoms with Gasteiger partial charge >= 0.3 is 0 Å². The first-order valence-electron chi connectivity index (χ1n) is 8.14. The van der Waals surface area contributed by atoms with Gasteiger partial charge in [-0.15, -0.1) is 0 Å². The van der Waals surface area contributed by atoms with Crippen LogP contribution in [0.15, 0.2) is 0 Å². The highest BCUT2D eigenvalue weighted by atomic mass is 15.2. The molecule has 1 saturated carbocycles. The molecule has 0 aromatic rings. The Morgan fingerprint density at radius 2 is 1.78 bits per heavy atom. The molecule has 18 heavy (non-hydrogen) atoms. The number of nitrogens with zero attached hydrogens (tertiary/aromatic N) is 1. The van der Waals surface area contributed by atoms with Gasteiger partial charge in [0.05, 0.1) is 0 Å². The summed E-state index contributed by atoms with van der Waals surface area (Å²) in [7, 11) is 0. The van der Waals surface area contributed by atoms with Crippen molar-refractivity contribution in [2.75, 3.05) is 19.6 Å². The van der Waals surface area contributed by atoms with Crippen LogP contribution in [0.25, 0.3) is 0 Å². The van der Waals surface area contributed by atoms with Gasteiger partial charge in [-0.2, -0.15) is 0 Å². The lowest BCUT2D eigenvalue weighted by atomic mass is 10.1. The van der Waals surface area contributed by atoms with Crippen molar-refractivity contribution in [3.05, 3.63) is 0 Å². The number of nitrogens with one attached hydrogen (secondary N) is 1. The van der Waals surface area contributed by atoms with Crippen LogP contribution in [-0.4, -0.2) is 36.6 Å². The van der Waals surface area contributed by atoms with E-state index in [0.717, 1.165) is 12.0 Å². The van der Waals surface area contributed by atoms with E-state index in [1.165, 1.54) is 58.2 Å². The van der Waals surface area contributed by atoms with Crippen LogP contribution < -0.4 is 5.32 Å². The summed E-state index contributed by atoms with van der Waals surface area (Å²) >= 11 is 0. The van der Waals surface area contributed by atoms with E-state index in [1.54, 1.807) is 0 Å². The SMILES string of the molecule is CCCNC(CC)CN(CC(C)C)C1CCCC1. The molecule has 1 fully saturated rings. The first-order valence-corrected chi connectivity index (χ1v) is 8.14. The van der Waals surface area contributed by atoms with Gasteiger partial charge in [-0.1, -0.05) is 40.5 Å². The van der Waals surface area contributed by atoms with Gasteiger partial charge in [0.1, 0.15) is 0 Å². The fraction of sp³-hybridized carbons (Fsp3) is 1.00. The van der Waals surface area contributed by atoms with Crippen molar-refractivity contribution >= 4 is 0 Å². The van der Waals surface area contributed by atoms with E-state index in [1.807, 2.05) is 0 Å². The van der Waals surface area contributed by atoms with Crippen LogP contribution in [0.1, 0.15) is 66.2 Å². The molecule has 0 spiro atoms. The average molecular weight is 254 g/mol. The van der Waals surface area contributed by atoms with E-state index in [0.29, 0.717) is 6.04 Å². The Kier molecular flexibility index (Phi) is 7.92. The van der Waals surface area contributed by atoms with E-state index in [2.05, 4.69) is 37.9 Å². The quantitative estimate of drug-likeness (QED) is 0.675. The Labute approximate surface area is 115 Å². The largest absolute Gasteiger partial charge is 0.313 e. The van der Waals surface area contributed by atoms with Gasteiger partial charge in [0.15, 0.2) is 0 Å². The van der Waals surface area contributed by atoms with Gasteiger partial charge in [0.2, 0.25) is 0 Å². The summed E-state index contributed by atoms with van der Waals surface area (Å²) in [5, 5.41) is 3.70. The highest BCUT2D eigenvalue weighted by Gasteiger charge is 2.24. The molecule has 0 radical (unpaired) electrons. The fourth-order valence-electron chi connectivity index (χ4n) is 3.08. The van der Waals surface area contributed by atoms with Crippen molar-refractivity contribution in [1.82, 2.24) is 10.2 Å². The summed E-state index contributed by atoms with van der Waals surface area (Å²) in [6.45, 7) is 13.0. The summed E-state index contributed by atoms with van der Waals surface area (Å²) in [6, 6.07) is 1.55. The zero-order valence-corrected chi connectivity index (χ0v) is 13.0. The minimum Gasteiger partial charge on any atom is -0.313 e. The second-order valence-electron chi connectivity index (χ2n) is 6.35. The molecule has 0 saturated heterocycles. The molecule has 0 aromatic carbocycles. The standard InChI is InChI=1S/C16H34N2/c1-5-11-17-15(6-2)13-18(12-14(3)4)16-9-7-8-10-16/h14-17H,5-13H2,1-4H3. The highest BCUT2D eigenvalue weighted by molar-refractivity contribution is 4.81. The molecule has 108 valence electrons. The van der Waals surface area contributed by atoms with E-state index in [4.69, 9.17) is 0 Å². The molecule has 2 nitrogen and oxygen atoms in total. The molecule has 1 aliphatic carbocycles. The summed E-state index contributed by atoms with van der Waals surface area (Å²) in [5.41, 5.74) is 0. The Morgan fingerprint density at radius 3 is 2.28 bits per heavy atom. The van der Waals surface area contributed by atoms with Gasteiger partial charge in [-0.3, -0.25) is 4.90 Å². The lowest BCUT2D eigenvalue weighted by Crippen LogP contribution is -2.46. The minimum atomic E-state index is 0.685. The Balaban J connectivity index is 2.46. The first kappa shape index (κ1) is 16.0. The number of rotatable bonds is 9. The zero-order chi connectivity index (χ0) is 13.4. The average Bonchev–Trinajstić information content (AvgIpc) is 2.86. The van der Waals surface area contributed by atoms with Crippen LogP contribution in [0.5, 0.6) is 0 Å². The topological polar surface area (TPSA) is 15.3 Å². The van der Waals surface area contributed by atoms with Crippen molar-refractivity contribution in [3.63, 3.8) is 0 Å². The summed E-state index contributed by atoms with van der Waals surface area (Å²) in [6.07, 6.45) is 8.23. The normalized spacial score (nSPS) is 19.0. The van der Waals surface area contributed by atoms with Crippen molar-refractivity contribution in [3.8, 4) is 0 Å². The highest BCUT2D eigenvalue weighted by Crippen LogP contribution is 2.24. The van der Waals surface area contributed by atoms with Crippen molar-refractivity contribution in [2.45, 2.75) is 78.3 Å². The van der Waals surface area contributed by atoms with Crippen LogP contribution in [-0.2, 0) is 0 Å². The van der Waals surface area contributed by atoms with Gasteiger partial charge in [-0.25, -0.2) is 0 Å². The predicted octanol–water partition coefficient (Wildman–Crippen LogP) is 3.67. The molecule has 0 aromatic heterocycles. The maximum atomic E-state index is 3.70. The minimum absolute atomic E-state index is 0.685. The van der Waals surface area contributed by atoms with E-state index in [9.17, 15) is 0 Å². The summed E-state index contributed by atoms with van der Waals surface area (Å²) in [4.78, 5) is 2.77. The van der Waals surface area contributed by atoms with Crippen LogP contribution in [0.2, 0.25) is 0 Å².